The van der Waals surface area contributed by atoms with Gasteiger partial charge in [-0.05, 0) is 67.5 Å². The zero-order valence-corrected chi connectivity index (χ0v) is 17.9. The lowest BCUT2D eigenvalue weighted by atomic mass is 10.0. The van der Waals surface area contributed by atoms with Crippen LogP contribution < -0.4 is 21.3 Å². The van der Waals surface area contributed by atoms with E-state index in [0.717, 1.165) is 49.4 Å². The fourth-order valence-electron chi connectivity index (χ4n) is 3.52. The Hall–Kier alpha value is -1.86. The molecule has 2 aromatic rings. The molecule has 29 heavy (non-hydrogen) atoms. The number of hydrogen-bond acceptors (Lipinski definition) is 6. The van der Waals surface area contributed by atoms with Crippen molar-refractivity contribution in [3.8, 4) is 16.9 Å². The third-order valence-electron chi connectivity index (χ3n) is 5.10. The van der Waals surface area contributed by atoms with Gasteiger partial charge in [0.05, 0.1) is 24.3 Å². The number of hydrogen-bond donors (Lipinski definition) is 3. The molecule has 1 aliphatic rings. The van der Waals surface area contributed by atoms with Crippen LogP contribution in [0.25, 0.3) is 11.1 Å². The van der Waals surface area contributed by atoms with E-state index in [1.165, 1.54) is 0 Å². The van der Waals surface area contributed by atoms with Crippen molar-refractivity contribution in [2.75, 3.05) is 25.1 Å². The number of nitrogens with two attached hydrogens (primary N) is 1. The molecule has 1 aromatic carbocycles. The van der Waals surface area contributed by atoms with Gasteiger partial charge in [0.2, 0.25) is 0 Å². The number of benzene rings is 1. The van der Waals surface area contributed by atoms with Crippen LogP contribution in [-0.2, 0) is 4.74 Å². The minimum atomic E-state index is 0.251. The second kappa shape index (κ2) is 10.8. The maximum atomic E-state index is 6.49. The van der Waals surface area contributed by atoms with Crippen LogP contribution in [0.5, 0.6) is 5.75 Å². The first-order valence-corrected chi connectivity index (χ1v) is 10.6. The van der Waals surface area contributed by atoms with Gasteiger partial charge in [0.25, 0.3) is 0 Å². The molecular formula is C22H31ClN4O2. The first-order chi connectivity index (χ1) is 14.0. The summed E-state index contributed by atoms with van der Waals surface area (Å²) in [6, 6.07) is 10.5. The molecule has 1 fully saturated rings. The maximum absolute atomic E-state index is 6.49. The molecule has 1 saturated heterocycles. The van der Waals surface area contributed by atoms with E-state index < -0.39 is 0 Å². The van der Waals surface area contributed by atoms with Crippen LogP contribution in [0.15, 0.2) is 36.5 Å². The lowest BCUT2D eigenvalue weighted by molar-refractivity contribution is 0.0875. The van der Waals surface area contributed by atoms with Crippen LogP contribution in [0.2, 0.25) is 5.02 Å². The van der Waals surface area contributed by atoms with Crippen LogP contribution in [0.4, 0.5) is 5.82 Å². The van der Waals surface area contributed by atoms with E-state index in [9.17, 15) is 0 Å². The van der Waals surface area contributed by atoms with E-state index >= 15 is 0 Å². The van der Waals surface area contributed by atoms with Gasteiger partial charge >= 0.3 is 0 Å². The molecular weight excluding hydrogens is 388 g/mol. The van der Waals surface area contributed by atoms with E-state index in [1.807, 2.05) is 36.5 Å². The highest BCUT2D eigenvalue weighted by molar-refractivity contribution is 6.32. The predicted octanol–water partition coefficient (Wildman–Crippen LogP) is 4.25. The Morgan fingerprint density at radius 2 is 2.10 bits per heavy atom. The summed E-state index contributed by atoms with van der Waals surface area (Å²) in [4.78, 5) is 4.44. The highest BCUT2D eigenvalue weighted by Crippen LogP contribution is 2.31. The van der Waals surface area contributed by atoms with E-state index in [1.54, 1.807) is 0 Å². The first kappa shape index (κ1) is 21.8. The van der Waals surface area contributed by atoms with Gasteiger partial charge in [-0.2, -0.15) is 0 Å². The van der Waals surface area contributed by atoms with Crippen molar-refractivity contribution in [1.82, 2.24) is 10.4 Å². The van der Waals surface area contributed by atoms with Crippen molar-refractivity contribution >= 4 is 17.4 Å². The normalized spacial score (nSPS) is 18.8. The van der Waals surface area contributed by atoms with Crippen molar-refractivity contribution < 1.29 is 9.47 Å². The third-order valence-corrected chi connectivity index (χ3v) is 5.40. The van der Waals surface area contributed by atoms with E-state index in [-0.39, 0.29) is 6.04 Å². The number of anilines is 1. The Kier molecular flexibility index (Phi) is 8.12. The number of halogens is 1. The average molecular weight is 419 g/mol. The molecule has 0 saturated carbocycles. The molecule has 3 atom stereocenters. The highest BCUT2D eigenvalue weighted by atomic mass is 35.5. The van der Waals surface area contributed by atoms with Crippen LogP contribution in [0.1, 0.15) is 33.1 Å². The Morgan fingerprint density at radius 1 is 1.28 bits per heavy atom. The SMILES string of the molecule is CC(COc1ccc(-c2ccnc(NC3CCCOC3)c2)cc1Cl)CC(C)NN. The summed E-state index contributed by atoms with van der Waals surface area (Å²) >= 11 is 6.49. The number of ether oxygens (including phenoxy) is 2. The highest BCUT2D eigenvalue weighted by Gasteiger charge is 2.15. The number of hydrazine groups is 1. The summed E-state index contributed by atoms with van der Waals surface area (Å²) in [6.45, 7) is 6.36. The van der Waals surface area contributed by atoms with Crippen LogP contribution in [0, 0.1) is 5.92 Å². The van der Waals surface area contributed by atoms with Gasteiger partial charge in [-0.25, -0.2) is 4.98 Å². The van der Waals surface area contributed by atoms with Crippen molar-refractivity contribution in [3.63, 3.8) is 0 Å². The first-order valence-electron chi connectivity index (χ1n) is 10.2. The Bertz CT molecular complexity index is 783. The summed E-state index contributed by atoms with van der Waals surface area (Å²) in [5.41, 5.74) is 4.85. The van der Waals surface area contributed by atoms with E-state index in [4.69, 9.17) is 26.9 Å². The topological polar surface area (TPSA) is 81.4 Å². The standard InChI is InChI=1S/C22H31ClN4O2/c1-15(10-16(2)27-24)13-29-21-6-5-17(11-20(21)23)18-7-8-25-22(12-18)26-19-4-3-9-28-14-19/h5-8,11-12,15-16,19,27H,3-4,9-10,13-14,24H2,1-2H3,(H,25,26). The van der Waals surface area contributed by atoms with E-state index in [0.29, 0.717) is 29.3 Å². The minimum Gasteiger partial charge on any atom is -0.492 e. The molecule has 1 aromatic heterocycles. The second-order valence-corrected chi connectivity index (χ2v) is 8.26. The van der Waals surface area contributed by atoms with Crippen LogP contribution >= 0.6 is 11.6 Å². The van der Waals surface area contributed by atoms with E-state index in [2.05, 4.69) is 29.6 Å². The molecule has 3 rings (SSSR count). The average Bonchev–Trinajstić information content (AvgIpc) is 2.73. The smallest absolute Gasteiger partial charge is 0.137 e. The molecule has 0 aliphatic carbocycles. The molecule has 158 valence electrons. The van der Waals surface area contributed by atoms with Gasteiger partial charge in [0, 0.05) is 18.8 Å². The van der Waals surface area contributed by atoms with Gasteiger partial charge in [0.1, 0.15) is 11.6 Å². The van der Waals surface area contributed by atoms with Gasteiger partial charge in [-0.1, -0.05) is 24.6 Å². The monoisotopic (exact) mass is 418 g/mol. The molecule has 0 radical (unpaired) electrons. The summed E-state index contributed by atoms with van der Waals surface area (Å²) in [5.74, 6) is 7.38. The lowest BCUT2D eigenvalue weighted by Crippen LogP contribution is -2.34. The quantitative estimate of drug-likeness (QED) is 0.417. The summed E-state index contributed by atoms with van der Waals surface area (Å²) in [5, 5.41) is 4.07. The molecule has 0 amide bonds. The van der Waals surface area contributed by atoms with Crippen molar-refractivity contribution in [1.29, 1.82) is 0 Å². The number of aromatic nitrogens is 1. The van der Waals surface area contributed by atoms with Gasteiger partial charge in [-0.15, -0.1) is 0 Å². The Morgan fingerprint density at radius 3 is 2.83 bits per heavy atom. The minimum absolute atomic E-state index is 0.251. The number of rotatable bonds is 9. The zero-order chi connectivity index (χ0) is 20.6. The molecule has 0 spiro atoms. The summed E-state index contributed by atoms with van der Waals surface area (Å²) in [7, 11) is 0. The van der Waals surface area contributed by atoms with Gasteiger partial charge in [0.15, 0.2) is 0 Å². The number of pyridine rings is 1. The maximum Gasteiger partial charge on any atom is 0.137 e. The predicted molar refractivity (Wildman–Crippen MR) is 118 cm³/mol. The largest absolute Gasteiger partial charge is 0.492 e. The summed E-state index contributed by atoms with van der Waals surface area (Å²) < 4.78 is 11.5. The van der Waals surface area contributed by atoms with Crippen LogP contribution in [0.3, 0.4) is 0 Å². The molecule has 6 nitrogen and oxygen atoms in total. The van der Waals surface area contributed by atoms with Gasteiger partial charge < -0.3 is 14.8 Å². The van der Waals surface area contributed by atoms with Crippen molar-refractivity contribution in [3.05, 3.63) is 41.6 Å². The van der Waals surface area contributed by atoms with Gasteiger partial charge in [-0.3, -0.25) is 11.3 Å². The Balaban J connectivity index is 1.62. The third kappa shape index (κ3) is 6.57. The molecule has 7 heteroatoms. The summed E-state index contributed by atoms with van der Waals surface area (Å²) in [6.07, 6.45) is 4.93. The van der Waals surface area contributed by atoms with Crippen molar-refractivity contribution in [2.45, 2.75) is 45.2 Å². The molecule has 3 unspecified atom stereocenters. The second-order valence-electron chi connectivity index (χ2n) is 7.85. The molecule has 1 aliphatic heterocycles. The molecule has 4 N–H and O–H groups in total. The molecule has 2 heterocycles. The molecule has 0 bridgehead atoms. The van der Waals surface area contributed by atoms with Crippen LogP contribution in [-0.4, -0.2) is 36.9 Å². The number of nitrogens with one attached hydrogen (secondary N) is 2. The fourth-order valence-corrected chi connectivity index (χ4v) is 3.76. The fraction of sp³-hybridized carbons (Fsp3) is 0.500. The lowest BCUT2D eigenvalue weighted by Gasteiger charge is -2.23. The van der Waals surface area contributed by atoms with Crippen molar-refractivity contribution in [2.24, 2.45) is 11.8 Å². The number of nitrogens with zero attached hydrogens (tertiary/aromatic N) is 1. The zero-order valence-electron chi connectivity index (χ0n) is 17.2. The Labute approximate surface area is 178 Å².